The zero-order valence-corrected chi connectivity index (χ0v) is 8.92. The molecule has 0 saturated carbocycles. The molecule has 0 radical (unpaired) electrons. The fraction of sp³-hybridized carbons (Fsp3) is 1.00. The predicted molar refractivity (Wildman–Crippen MR) is 52.6 cm³/mol. The highest BCUT2D eigenvalue weighted by Gasteiger charge is 2.25. The number of hydrogen-bond acceptors (Lipinski definition) is 3. The fourth-order valence-electron chi connectivity index (χ4n) is 1.42. The number of ether oxygens (including phenoxy) is 1. The Morgan fingerprint density at radius 3 is 2.38 bits per heavy atom. The van der Waals surface area contributed by atoms with Crippen molar-refractivity contribution in [3.63, 3.8) is 0 Å². The summed E-state index contributed by atoms with van der Waals surface area (Å²) in [4.78, 5) is 0. The monoisotopic (exact) mass is 190 g/mol. The Balaban J connectivity index is 3.94. The van der Waals surface area contributed by atoms with Crippen LogP contribution in [0.25, 0.3) is 0 Å². The van der Waals surface area contributed by atoms with E-state index in [1.165, 1.54) is 0 Å². The highest BCUT2D eigenvalue weighted by atomic mass is 16.5. The molecule has 0 unspecified atom stereocenters. The molecule has 2 atom stereocenters. The van der Waals surface area contributed by atoms with E-state index in [1.807, 2.05) is 20.8 Å². The summed E-state index contributed by atoms with van der Waals surface area (Å²) in [6, 6.07) is 0. The first-order valence-electron chi connectivity index (χ1n) is 4.87. The van der Waals surface area contributed by atoms with Crippen LogP contribution in [-0.4, -0.2) is 36.6 Å². The zero-order valence-electron chi connectivity index (χ0n) is 8.92. The van der Waals surface area contributed by atoms with Gasteiger partial charge in [-0.15, -0.1) is 0 Å². The maximum atomic E-state index is 9.19. The normalized spacial score (nSPS) is 18.2. The maximum absolute atomic E-state index is 9.19. The van der Waals surface area contributed by atoms with Crippen LogP contribution in [0.5, 0.6) is 0 Å². The topological polar surface area (TPSA) is 49.7 Å². The van der Waals surface area contributed by atoms with Gasteiger partial charge in [0.1, 0.15) is 0 Å². The van der Waals surface area contributed by atoms with Gasteiger partial charge in [0.2, 0.25) is 0 Å². The molecule has 0 bridgehead atoms. The molecule has 80 valence electrons. The van der Waals surface area contributed by atoms with Crippen LogP contribution in [0, 0.1) is 11.3 Å². The van der Waals surface area contributed by atoms with Crippen molar-refractivity contribution in [2.45, 2.75) is 27.2 Å². The molecule has 0 aliphatic heterocycles. The summed E-state index contributed by atoms with van der Waals surface area (Å²) in [6.45, 7) is 7.40. The largest absolute Gasteiger partial charge is 0.396 e. The Labute approximate surface area is 80.7 Å². The van der Waals surface area contributed by atoms with Gasteiger partial charge in [-0.25, -0.2) is 0 Å². The summed E-state index contributed by atoms with van der Waals surface area (Å²) < 4.78 is 5.29. The van der Waals surface area contributed by atoms with Crippen molar-refractivity contribution in [2.75, 3.05) is 26.4 Å². The van der Waals surface area contributed by atoms with Crippen LogP contribution in [0.2, 0.25) is 0 Å². The van der Waals surface area contributed by atoms with Crippen molar-refractivity contribution in [1.82, 2.24) is 0 Å². The summed E-state index contributed by atoms with van der Waals surface area (Å²) in [7, 11) is 0. The van der Waals surface area contributed by atoms with E-state index in [0.717, 1.165) is 6.42 Å². The molecule has 0 fully saturated rings. The van der Waals surface area contributed by atoms with Gasteiger partial charge in [0.05, 0.1) is 13.2 Å². The third-order valence-corrected chi connectivity index (χ3v) is 2.19. The van der Waals surface area contributed by atoms with E-state index in [0.29, 0.717) is 13.2 Å². The molecular formula is C10H22O3. The van der Waals surface area contributed by atoms with E-state index in [1.54, 1.807) is 0 Å². The maximum Gasteiger partial charge on any atom is 0.0541 e. The molecular weight excluding hydrogens is 168 g/mol. The quantitative estimate of drug-likeness (QED) is 0.630. The van der Waals surface area contributed by atoms with Gasteiger partial charge in [-0.3, -0.25) is 0 Å². The molecule has 0 spiro atoms. The third-order valence-electron chi connectivity index (χ3n) is 2.19. The van der Waals surface area contributed by atoms with E-state index in [9.17, 15) is 5.11 Å². The van der Waals surface area contributed by atoms with Crippen LogP contribution in [0.15, 0.2) is 0 Å². The van der Waals surface area contributed by atoms with Crippen LogP contribution in [-0.2, 0) is 4.74 Å². The molecule has 0 aromatic heterocycles. The minimum atomic E-state index is -0.210. The predicted octanol–water partition coefficient (Wildman–Crippen LogP) is 1.04. The van der Waals surface area contributed by atoms with Crippen LogP contribution < -0.4 is 0 Å². The minimum absolute atomic E-state index is 0.108. The molecule has 0 aromatic rings. The second-order valence-electron chi connectivity index (χ2n) is 4.10. The van der Waals surface area contributed by atoms with Crippen LogP contribution in [0.1, 0.15) is 27.2 Å². The van der Waals surface area contributed by atoms with Gasteiger partial charge in [0.25, 0.3) is 0 Å². The molecule has 0 heterocycles. The van der Waals surface area contributed by atoms with E-state index < -0.39 is 0 Å². The second-order valence-corrected chi connectivity index (χ2v) is 4.10. The van der Waals surface area contributed by atoms with Crippen molar-refractivity contribution in [1.29, 1.82) is 0 Å². The molecule has 0 amide bonds. The van der Waals surface area contributed by atoms with E-state index >= 15 is 0 Å². The first-order valence-corrected chi connectivity index (χ1v) is 4.87. The van der Waals surface area contributed by atoms with Crippen molar-refractivity contribution >= 4 is 0 Å². The summed E-state index contributed by atoms with van der Waals surface area (Å²) in [6.07, 6.45) is 0.792. The van der Waals surface area contributed by atoms with Gasteiger partial charge in [-0.2, -0.15) is 0 Å². The highest BCUT2D eigenvalue weighted by molar-refractivity contribution is 4.75. The van der Waals surface area contributed by atoms with Gasteiger partial charge in [-0.1, -0.05) is 13.8 Å². The Kier molecular flexibility index (Phi) is 6.29. The number of aliphatic hydroxyl groups excluding tert-OH is 2. The Morgan fingerprint density at radius 2 is 2.00 bits per heavy atom. The van der Waals surface area contributed by atoms with Crippen LogP contribution in [0.3, 0.4) is 0 Å². The Hall–Kier alpha value is -0.120. The van der Waals surface area contributed by atoms with Gasteiger partial charge in [-0.05, 0) is 19.3 Å². The number of rotatable bonds is 7. The van der Waals surface area contributed by atoms with E-state index in [4.69, 9.17) is 9.84 Å². The average Bonchev–Trinajstić information content (AvgIpc) is 2.14. The summed E-state index contributed by atoms with van der Waals surface area (Å²) in [5.74, 6) is 0.220. The third kappa shape index (κ3) is 5.24. The lowest BCUT2D eigenvalue weighted by atomic mass is 9.83. The zero-order chi connectivity index (χ0) is 10.3. The van der Waals surface area contributed by atoms with Gasteiger partial charge in [0, 0.05) is 18.6 Å². The Bertz CT molecular complexity index is 127. The molecule has 0 aliphatic rings. The SMILES string of the molecule is CCOC[C@](C)(CO)C[C@H](C)CO. The van der Waals surface area contributed by atoms with Gasteiger partial charge in [0.15, 0.2) is 0 Å². The summed E-state index contributed by atoms with van der Waals surface area (Å²) in [5, 5.41) is 18.1. The van der Waals surface area contributed by atoms with Crippen LogP contribution >= 0.6 is 0 Å². The number of hydrogen-bond donors (Lipinski definition) is 2. The Morgan fingerprint density at radius 1 is 1.38 bits per heavy atom. The van der Waals surface area contributed by atoms with E-state index in [-0.39, 0.29) is 24.5 Å². The minimum Gasteiger partial charge on any atom is -0.396 e. The molecule has 2 N–H and O–H groups in total. The van der Waals surface area contributed by atoms with Crippen molar-refractivity contribution in [2.24, 2.45) is 11.3 Å². The summed E-state index contributed by atoms with van der Waals surface area (Å²) in [5.41, 5.74) is -0.210. The number of aliphatic hydroxyl groups is 2. The molecule has 0 rings (SSSR count). The smallest absolute Gasteiger partial charge is 0.0541 e. The van der Waals surface area contributed by atoms with Gasteiger partial charge < -0.3 is 14.9 Å². The second kappa shape index (κ2) is 6.35. The molecule has 13 heavy (non-hydrogen) atoms. The molecule has 3 heteroatoms. The summed E-state index contributed by atoms with van der Waals surface area (Å²) >= 11 is 0. The highest BCUT2D eigenvalue weighted by Crippen LogP contribution is 2.25. The molecule has 0 aliphatic carbocycles. The first kappa shape index (κ1) is 12.9. The lowest BCUT2D eigenvalue weighted by molar-refractivity contribution is 0.00365. The molecule has 0 aromatic carbocycles. The van der Waals surface area contributed by atoms with Crippen molar-refractivity contribution < 1.29 is 14.9 Å². The van der Waals surface area contributed by atoms with Gasteiger partial charge >= 0.3 is 0 Å². The average molecular weight is 190 g/mol. The van der Waals surface area contributed by atoms with Crippen LogP contribution in [0.4, 0.5) is 0 Å². The van der Waals surface area contributed by atoms with Crippen molar-refractivity contribution in [3.05, 3.63) is 0 Å². The standard InChI is InChI=1S/C10H22O3/c1-4-13-8-10(3,7-12)5-9(2)6-11/h9,11-12H,4-8H2,1-3H3/t9-,10-/m0/s1. The van der Waals surface area contributed by atoms with E-state index in [2.05, 4.69) is 0 Å². The lowest BCUT2D eigenvalue weighted by Crippen LogP contribution is -2.30. The molecule has 0 saturated heterocycles. The molecule has 3 nitrogen and oxygen atoms in total. The first-order chi connectivity index (χ1) is 6.08. The lowest BCUT2D eigenvalue weighted by Gasteiger charge is -2.29. The fourth-order valence-corrected chi connectivity index (χ4v) is 1.42. The van der Waals surface area contributed by atoms with Crippen molar-refractivity contribution in [3.8, 4) is 0 Å².